The Morgan fingerprint density at radius 1 is 1.05 bits per heavy atom. The van der Waals surface area contributed by atoms with Gasteiger partial charge in [-0.15, -0.1) is 0 Å². The molecule has 0 heterocycles. The SMILES string of the molecule is COc1cc(C=CC(=S)N(C)C)cc(OC)c1OC. The first-order valence-electron chi connectivity index (χ1n) is 5.72. The second-order valence-corrected chi connectivity index (χ2v) is 4.44. The second kappa shape index (κ2) is 6.99. The Hall–Kier alpha value is -1.75. The largest absolute Gasteiger partial charge is 0.493 e. The van der Waals surface area contributed by atoms with E-state index in [1.54, 1.807) is 21.3 Å². The third kappa shape index (κ3) is 3.86. The van der Waals surface area contributed by atoms with Crippen molar-refractivity contribution in [3.63, 3.8) is 0 Å². The van der Waals surface area contributed by atoms with Crippen LogP contribution in [0, 0.1) is 0 Å². The highest BCUT2D eigenvalue weighted by Gasteiger charge is 2.11. The maximum Gasteiger partial charge on any atom is 0.203 e. The van der Waals surface area contributed by atoms with Crippen molar-refractivity contribution < 1.29 is 14.2 Å². The molecular formula is C14H19NO3S. The van der Waals surface area contributed by atoms with Crippen molar-refractivity contribution >= 4 is 23.3 Å². The van der Waals surface area contributed by atoms with Crippen LogP contribution in [-0.4, -0.2) is 45.3 Å². The lowest BCUT2D eigenvalue weighted by Crippen LogP contribution is -2.16. The van der Waals surface area contributed by atoms with Gasteiger partial charge in [0.15, 0.2) is 11.5 Å². The quantitative estimate of drug-likeness (QED) is 0.611. The fourth-order valence-electron chi connectivity index (χ4n) is 1.51. The number of thiocarbonyl (C=S) groups is 1. The van der Waals surface area contributed by atoms with Crippen molar-refractivity contribution in [1.29, 1.82) is 0 Å². The average Bonchev–Trinajstić information content (AvgIpc) is 2.42. The topological polar surface area (TPSA) is 30.9 Å². The zero-order valence-corrected chi connectivity index (χ0v) is 12.7. The van der Waals surface area contributed by atoms with E-state index in [1.807, 2.05) is 43.3 Å². The van der Waals surface area contributed by atoms with Gasteiger partial charge in [0.05, 0.1) is 21.3 Å². The summed E-state index contributed by atoms with van der Waals surface area (Å²) in [6.45, 7) is 0. The predicted molar refractivity (Wildman–Crippen MR) is 81.4 cm³/mol. The van der Waals surface area contributed by atoms with Gasteiger partial charge in [0.25, 0.3) is 0 Å². The van der Waals surface area contributed by atoms with Gasteiger partial charge in [-0.25, -0.2) is 0 Å². The number of methoxy groups -OCH3 is 3. The van der Waals surface area contributed by atoms with Crippen LogP contribution in [0.1, 0.15) is 5.56 Å². The molecule has 4 nitrogen and oxygen atoms in total. The summed E-state index contributed by atoms with van der Waals surface area (Å²) >= 11 is 5.20. The molecule has 0 radical (unpaired) electrons. The molecule has 5 heteroatoms. The minimum Gasteiger partial charge on any atom is -0.493 e. The summed E-state index contributed by atoms with van der Waals surface area (Å²) in [5.41, 5.74) is 0.929. The number of ether oxygens (including phenoxy) is 3. The van der Waals surface area contributed by atoms with Crippen LogP contribution in [0.2, 0.25) is 0 Å². The van der Waals surface area contributed by atoms with Crippen LogP contribution in [0.25, 0.3) is 6.08 Å². The van der Waals surface area contributed by atoms with Crippen LogP contribution in [0.5, 0.6) is 17.2 Å². The Labute approximate surface area is 119 Å². The van der Waals surface area contributed by atoms with E-state index in [4.69, 9.17) is 26.4 Å². The van der Waals surface area contributed by atoms with Gasteiger partial charge in [0.2, 0.25) is 5.75 Å². The fourth-order valence-corrected chi connectivity index (χ4v) is 1.58. The zero-order chi connectivity index (χ0) is 14.4. The summed E-state index contributed by atoms with van der Waals surface area (Å²) in [6, 6.07) is 3.74. The van der Waals surface area contributed by atoms with E-state index < -0.39 is 0 Å². The normalized spacial score (nSPS) is 10.4. The highest BCUT2D eigenvalue weighted by atomic mass is 32.1. The summed E-state index contributed by atoms with van der Waals surface area (Å²) in [5, 5.41) is 0. The summed E-state index contributed by atoms with van der Waals surface area (Å²) < 4.78 is 15.9. The van der Waals surface area contributed by atoms with E-state index in [0.29, 0.717) is 17.2 Å². The van der Waals surface area contributed by atoms with E-state index in [-0.39, 0.29) is 0 Å². The molecule has 104 valence electrons. The van der Waals surface area contributed by atoms with Crippen molar-refractivity contribution in [3.05, 3.63) is 23.8 Å². The molecule has 0 N–H and O–H groups in total. The van der Waals surface area contributed by atoms with Crippen molar-refractivity contribution in [2.24, 2.45) is 0 Å². The monoisotopic (exact) mass is 281 g/mol. The van der Waals surface area contributed by atoms with Crippen molar-refractivity contribution in [3.8, 4) is 17.2 Å². The minimum absolute atomic E-state index is 0.581. The number of hydrogen-bond donors (Lipinski definition) is 0. The first-order chi connectivity index (χ1) is 9.03. The Morgan fingerprint density at radius 2 is 1.58 bits per heavy atom. The lowest BCUT2D eigenvalue weighted by Gasteiger charge is -2.13. The van der Waals surface area contributed by atoms with E-state index in [1.165, 1.54) is 0 Å². The van der Waals surface area contributed by atoms with Crippen LogP contribution in [0.15, 0.2) is 18.2 Å². The van der Waals surface area contributed by atoms with E-state index in [2.05, 4.69) is 0 Å². The number of likely N-dealkylation sites (N-methyl/N-ethyl adjacent to an activating group) is 1. The van der Waals surface area contributed by atoms with Gasteiger partial charge in [0, 0.05) is 14.1 Å². The van der Waals surface area contributed by atoms with Crippen molar-refractivity contribution in [1.82, 2.24) is 4.90 Å². The smallest absolute Gasteiger partial charge is 0.203 e. The molecule has 1 rings (SSSR count). The molecule has 0 saturated carbocycles. The van der Waals surface area contributed by atoms with Crippen LogP contribution in [-0.2, 0) is 0 Å². The number of benzene rings is 1. The molecule has 1 aromatic carbocycles. The zero-order valence-electron chi connectivity index (χ0n) is 11.9. The van der Waals surface area contributed by atoms with Gasteiger partial charge >= 0.3 is 0 Å². The van der Waals surface area contributed by atoms with Gasteiger partial charge < -0.3 is 19.1 Å². The summed E-state index contributed by atoms with van der Waals surface area (Å²) in [4.78, 5) is 2.61. The van der Waals surface area contributed by atoms with Crippen LogP contribution in [0.4, 0.5) is 0 Å². The second-order valence-electron chi connectivity index (χ2n) is 4.02. The number of rotatable bonds is 5. The fraction of sp³-hybridized carbons (Fsp3) is 0.357. The molecule has 19 heavy (non-hydrogen) atoms. The van der Waals surface area contributed by atoms with E-state index >= 15 is 0 Å². The first-order valence-corrected chi connectivity index (χ1v) is 6.13. The molecule has 1 aromatic rings. The molecule has 0 aliphatic rings. The maximum absolute atomic E-state index is 5.29. The first kappa shape index (κ1) is 15.3. The van der Waals surface area contributed by atoms with Crippen LogP contribution >= 0.6 is 12.2 Å². The van der Waals surface area contributed by atoms with E-state index in [9.17, 15) is 0 Å². The maximum atomic E-state index is 5.29. The minimum atomic E-state index is 0.581. The molecule has 0 atom stereocenters. The highest BCUT2D eigenvalue weighted by Crippen LogP contribution is 2.38. The van der Waals surface area contributed by atoms with E-state index in [0.717, 1.165) is 10.6 Å². The molecule has 0 bridgehead atoms. The average molecular weight is 281 g/mol. The third-order valence-electron chi connectivity index (χ3n) is 2.55. The Balaban J connectivity index is 3.13. The molecular weight excluding hydrogens is 262 g/mol. The van der Waals surface area contributed by atoms with Crippen LogP contribution < -0.4 is 14.2 Å². The van der Waals surface area contributed by atoms with Crippen molar-refractivity contribution in [2.45, 2.75) is 0 Å². The Kier molecular flexibility index (Phi) is 5.63. The molecule has 0 amide bonds. The molecule has 0 saturated heterocycles. The molecule has 0 fully saturated rings. The van der Waals surface area contributed by atoms with Crippen LogP contribution in [0.3, 0.4) is 0 Å². The van der Waals surface area contributed by atoms with Gasteiger partial charge in [-0.1, -0.05) is 18.3 Å². The standard InChI is InChI=1S/C14H19NO3S/c1-15(2)13(19)7-6-10-8-11(16-3)14(18-5)12(9-10)17-4/h6-9H,1-5H3. The predicted octanol–water partition coefficient (Wildman–Crippen LogP) is 2.61. The summed E-state index contributed by atoms with van der Waals surface area (Å²) in [5.74, 6) is 1.83. The lowest BCUT2D eigenvalue weighted by molar-refractivity contribution is 0.324. The number of hydrogen-bond acceptors (Lipinski definition) is 4. The lowest BCUT2D eigenvalue weighted by atomic mass is 10.1. The third-order valence-corrected chi connectivity index (χ3v) is 3.05. The summed E-state index contributed by atoms with van der Waals surface area (Å²) in [6.07, 6.45) is 3.77. The van der Waals surface area contributed by atoms with Gasteiger partial charge in [-0.3, -0.25) is 0 Å². The molecule has 0 aliphatic heterocycles. The Morgan fingerprint density at radius 3 is 1.95 bits per heavy atom. The van der Waals surface area contributed by atoms with Crippen molar-refractivity contribution in [2.75, 3.05) is 35.4 Å². The summed E-state index contributed by atoms with van der Waals surface area (Å²) in [7, 11) is 8.57. The molecule has 0 unspecified atom stereocenters. The molecule has 0 aliphatic carbocycles. The molecule has 0 aromatic heterocycles. The van der Waals surface area contributed by atoms with Gasteiger partial charge in [-0.05, 0) is 23.8 Å². The van der Waals surface area contributed by atoms with Gasteiger partial charge in [-0.2, -0.15) is 0 Å². The molecule has 0 spiro atoms. The van der Waals surface area contributed by atoms with Gasteiger partial charge in [0.1, 0.15) is 4.99 Å². The number of nitrogens with zero attached hydrogens (tertiary/aromatic N) is 1. The Bertz CT molecular complexity index is 459. The highest BCUT2D eigenvalue weighted by molar-refractivity contribution is 7.80.